The van der Waals surface area contributed by atoms with Gasteiger partial charge in [-0.3, -0.25) is 0 Å². The minimum atomic E-state index is -2.85. The van der Waals surface area contributed by atoms with Crippen molar-refractivity contribution in [3.05, 3.63) is 96.6 Å². The SMILES string of the molecule is CC(C)(C)[Si](C)(C)O[C@H]1C[C@H](O[Si](c2ccccc2)(c2ccccc2)C(C)(C)C)C[C@@H](O)C1(O)c1ccccc1. The highest BCUT2D eigenvalue weighted by atomic mass is 28.4. The number of benzene rings is 3. The molecule has 216 valence electrons. The van der Waals surface area contributed by atoms with Gasteiger partial charge in [-0.25, -0.2) is 0 Å². The number of aliphatic hydroxyl groups is 2. The molecular weight excluding hydrogens is 529 g/mol. The van der Waals surface area contributed by atoms with Gasteiger partial charge >= 0.3 is 0 Å². The second kappa shape index (κ2) is 11.3. The van der Waals surface area contributed by atoms with Crippen LogP contribution in [0.1, 0.15) is 59.9 Å². The predicted octanol–water partition coefficient (Wildman–Crippen LogP) is 6.36. The second-order valence-electron chi connectivity index (χ2n) is 13.9. The van der Waals surface area contributed by atoms with Crippen LogP contribution >= 0.6 is 0 Å². The first-order valence-electron chi connectivity index (χ1n) is 14.6. The third-order valence-electron chi connectivity index (χ3n) is 9.20. The molecule has 0 bridgehead atoms. The maximum Gasteiger partial charge on any atom is 0.261 e. The fourth-order valence-corrected chi connectivity index (χ4v) is 12.0. The molecular formula is C34H48O4Si2. The summed E-state index contributed by atoms with van der Waals surface area (Å²) in [5.41, 5.74) is -0.836. The topological polar surface area (TPSA) is 58.9 Å². The van der Waals surface area contributed by atoms with Gasteiger partial charge < -0.3 is 19.1 Å². The Morgan fingerprint density at radius 2 is 1.12 bits per heavy atom. The summed E-state index contributed by atoms with van der Waals surface area (Å²) in [6, 6.07) is 30.7. The molecule has 1 aliphatic carbocycles. The molecule has 0 spiro atoms. The first-order chi connectivity index (χ1) is 18.6. The zero-order valence-electron chi connectivity index (χ0n) is 25.5. The highest BCUT2D eigenvalue weighted by molar-refractivity contribution is 6.99. The van der Waals surface area contributed by atoms with Gasteiger partial charge in [0.25, 0.3) is 8.32 Å². The van der Waals surface area contributed by atoms with E-state index in [1.807, 2.05) is 42.5 Å². The summed E-state index contributed by atoms with van der Waals surface area (Å²) in [6.45, 7) is 17.8. The fourth-order valence-electron chi connectivity index (χ4n) is 5.95. The molecule has 0 heterocycles. The van der Waals surface area contributed by atoms with E-state index in [1.54, 1.807) is 0 Å². The molecule has 0 aliphatic heterocycles. The van der Waals surface area contributed by atoms with Crippen LogP contribution in [0.5, 0.6) is 0 Å². The molecule has 2 N–H and O–H groups in total. The smallest absolute Gasteiger partial charge is 0.261 e. The van der Waals surface area contributed by atoms with Crippen LogP contribution in [0.3, 0.4) is 0 Å². The third-order valence-corrected chi connectivity index (χ3v) is 18.8. The number of aliphatic hydroxyl groups excluding tert-OH is 1. The Bertz CT molecular complexity index is 1200. The molecule has 3 aromatic carbocycles. The third kappa shape index (κ3) is 5.67. The minimum Gasteiger partial charge on any atom is -0.410 e. The summed E-state index contributed by atoms with van der Waals surface area (Å²) >= 11 is 0. The maximum atomic E-state index is 12.3. The quantitative estimate of drug-likeness (QED) is 0.321. The Morgan fingerprint density at radius 3 is 1.55 bits per heavy atom. The maximum absolute atomic E-state index is 12.3. The van der Waals surface area contributed by atoms with Gasteiger partial charge in [-0.1, -0.05) is 133 Å². The Labute approximate surface area is 243 Å². The average Bonchev–Trinajstić information content (AvgIpc) is 2.90. The van der Waals surface area contributed by atoms with Gasteiger partial charge in [-0.15, -0.1) is 0 Å². The Balaban J connectivity index is 1.82. The summed E-state index contributed by atoms with van der Waals surface area (Å²) in [6.07, 6.45) is -1.11. The van der Waals surface area contributed by atoms with Gasteiger partial charge in [-0.05, 0) is 39.1 Å². The van der Waals surface area contributed by atoms with Crippen molar-refractivity contribution >= 4 is 27.0 Å². The van der Waals surface area contributed by atoms with E-state index in [1.165, 1.54) is 10.4 Å². The highest BCUT2D eigenvalue weighted by Crippen LogP contribution is 2.47. The van der Waals surface area contributed by atoms with Crippen molar-refractivity contribution in [2.45, 2.75) is 101 Å². The predicted molar refractivity (Wildman–Crippen MR) is 170 cm³/mol. The number of rotatable bonds is 7. The summed E-state index contributed by atoms with van der Waals surface area (Å²) in [7, 11) is -5.17. The molecule has 4 atom stereocenters. The monoisotopic (exact) mass is 576 g/mol. The van der Waals surface area contributed by atoms with Crippen molar-refractivity contribution < 1.29 is 19.1 Å². The lowest BCUT2D eigenvalue weighted by Gasteiger charge is -2.53. The van der Waals surface area contributed by atoms with E-state index in [-0.39, 0.29) is 16.2 Å². The van der Waals surface area contributed by atoms with E-state index < -0.39 is 34.4 Å². The summed E-state index contributed by atoms with van der Waals surface area (Å²) in [4.78, 5) is 0. The van der Waals surface area contributed by atoms with Gasteiger partial charge in [0.05, 0.1) is 18.3 Å². The minimum absolute atomic E-state index is 0.0542. The highest BCUT2D eigenvalue weighted by Gasteiger charge is 2.57. The summed E-state index contributed by atoms with van der Waals surface area (Å²) in [5.74, 6) is 0. The van der Waals surface area contributed by atoms with E-state index in [4.69, 9.17) is 8.85 Å². The van der Waals surface area contributed by atoms with Crippen LogP contribution in [0.25, 0.3) is 0 Å². The van der Waals surface area contributed by atoms with E-state index in [9.17, 15) is 10.2 Å². The average molecular weight is 577 g/mol. The van der Waals surface area contributed by atoms with Crippen LogP contribution in [0.2, 0.25) is 23.2 Å². The zero-order chi connectivity index (χ0) is 29.4. The number of hydrogen-bond acceptors (Lipinski definition) is 4. The van der Waals surface area contributed by atoms with Crippen LogP contribution in [0, 0.1) is 0 Å². The molecule has 0 amide bonds. The first-order valence-corrected chi connectivity index (χ1v) is 19.4. The molecule has 3 aromatic rings. The molecule has 40 heavy (non-hydrogen) atoms. The van der Waals surface area contributed by atoms with Crippen LogP contribution in [-0.2, 0) is 14.5 Å². The molecule has 0 radical (unpaired) electrons. The van der Waals surface area contributed by atoms with E-state index >= 15 is 0 Å². The molecule has 0 saturated heterocycles. The van der Waals surface area contributed by atoms with Gasteiger partial charge in [-0.2, -0.15) is 0 Å². The van der Waals surface area contributed by atoms with Crippen LogP contribution in [0.15, 0.2) is 91.0 Å². The van der Waals surface area contributed by atoms with Gasteiger partial charge in [0.1, 0.15) is 5.60 Å². The Hall–Kier alpha value is -2.07. The standard InChI is InChI=1S/C34H48O4Si2/c1-32(2,3)39(7,8)38-31-25-27(24-30(35)34(31,36)26-18-12-9-13-19-26)37-40(33(4,5)6,28-20-14-10-15-21-28)29-22-16-11-17-23-29/h9-23,27,30-31,35-36H,24-25H2,1-8H3/t27-,30-,31+,34?/m1/s1. The van der Waals surface area contributed by atoms with Crippen molar-refractivity contribution in [1.82, 2.24) is 0 Å². The number of hydrogen-bond donors (Lipinski definition) is 2. The van der Waals surface area contributed by atoms with E-state index in [0.717, 1.165) is 0 Å². The largest absolute Gasteiger partial charge is 0.410 e. The zero-order valence-corrected chi connectivity index (χ0v) is 27.5. The van der Waals surface area contributed by atoms with Gasteiger partial charge in [0.2, 0.25) is 0 Å². The molecule has 4 nitrogen and oxygen atoms in total. The van der Waals surface area contributed by atoms with E-state index in [2.05, 4.69) is 103 Å². The molecule has 4 rings (SSSR count). The van der Waals surface area contributed by atoms with Gasteiger partial charge in [0.15, 0.2) is 8.32 Å². The second-order valence-corrected chi connectivity index (χ2v) is 23.0. The normalized spacial score (nSPS) is 24.6. The molecule has 1 saturated carbocycles. The summed E-state index contributed by atoms with van der Waals surface area (Å²) < 4.78 is 14.4. The summed E-state index contributed by atoms with van der Waals surface area (Å²) in [5, 5.41) is 26.3. The molecule has 1 aliphatic rings. The van der Waals surface area contributed by atoms with Crippen LogP contribution < -0.4 is 10.4 Å². The Morgan fingerprint density at radius 1 is 0.675 bits per heavy atom. The molecule has 0 aromatic heterocycles. The fraction of sp³-hybridized carbons (Fsp3) is 0.471. The molecule has 1 unspecified atom stereocenters. The molecule has 6 heteroatoms. The van der Waals surface area contributed by atoms with E-state index in [0.29, 0.717) is 18.4 Å². The van der Waals surface area contributed by atoms with Crippen molar-refractivity contribution in [2.75, 3.05) is 0 Å². The molecule has 1 fully saturated rings. The van der Waals surface area contributed by atoms with Crippen LogP contribution in [0.4, 0.5) is 0 Å². The Kier molecular flexibility index (Phi) is 8.73. The lowest BCUT2D eigenvalue weighted by Crippen LogP contribution is -2.69. The van der Waals surface area contributed by atoms with Crippen molar-refractivity contribution in [1.29, 1.82) is 0 Å². The lowest BCUT2D eigenvalue weighted by atomic mass is 9.74. The van der Waals surface area contributed by atoms with Crippen molar-refractivity contribution in [3.63, 3.8) is 0 Å². The van der Waals surface area contributed by atoms with Gasteiger partial charge in [0, 0.05) is 12.8 Å². The van der Waals surface area contributed by atoms with Crippen molar-refractivity contribution in [2.24, 2.45) is 0 Å². The first kappa shape index (κ1) is 30.9. The van der Waals surface area contributed by atoms with Crippen LogP contribution in [-0.4, -0.2) is 45.2 Å². The van der Waals surface area contributed by atoms with Crippen molar-refractivity contribution in [3.8, 4) is 0 Å². The lowest BCUT2D eigenvalue weighted by molar-refractivity contribution is -0.187.